The predicted molar refractivity (Wildman–Crippen MR) is 90.0 cm³/mol. The number of aliphatic imine (C=N–C) groups is 1. The van der Waals surface area contributed by atoms with Crippen molar-refractivity contribution in [2.75, 3.05) is 54.0 Å². The van der Waals surface area contributed by atoms with Crippen LogP contribution in [0.3, 0.4) is 0 Å². The monoisotopic (exact) mass is 298 g/mol. The molecule has 0 aromatic heterocycles. The van der Waals surface area contributed by atoms with Gasteiger partial charge in [-0.15, -0.1) is 0 Å². The van der Waals surface area contributed by atoms with Crippen molar-refractivity contribution in [3.8, 4) is 0 Å². The molecule has 0 saturated carbocycles. The van der Waals surface area contributed by atoms with Gasteiger partial charge in [-0.1, -0.05) is 13.3 Å². The van der Waals surface area contributed by atoms with Gasteiger partial charge in [0.05, 0.1) is 6.54 Å². The van der Waals surface area contributed by atoms with Crippen molar-refractivity contribution in [2.24, 2.45) is 4.99 Å². The smallest absolute Gasteiger partial charge is 0.193 e. The molecule has 1 saturated heterocycles. The predicted octanol–water partition coefficient (Wildman–Crippen LogP) is 1.79. The maximum Gasteiger partial charge on any atom is 0.193 e. The topological polar surface area (TPSA) is 40.1 Å². The highest BCUT2D eigenvalue weighted by molar-refractivity contribution is 5.79. The Labute approximate surface area is 130 Å². The van der Waals surface area contributed by atoms with Crippen molar-refractivity contribution in [1.29, 1.82) is 0 Å². The van der Waals surface area contributed by atoms with E-state index in [-0.39, 0.29) is 5.54 Å². The van der Waals surface area contributed by atoms with Gasteiger partial charge in [0.25, 0.3) is 0 Å². The maximum atomic E-state index is 5.53. The van der Waals surface area contributed by atoms with Crippen LogP contribution in [0, 0.1) is 0 Å². The van der Waals surface area contributed by atoms with Gasteiger partial charge >= 0.3 is 0 Å². The van der Waals surface area contributed by atoms with E-state index in [1.54, 1.807) is 0 Å². The number of hydrogen-bond acceptors (Lipinski definition) is 3. The number of nitrogens with one attached hydrogen (secondary N) is 1. The molecular weight excluding hydrogens is 264 g/mol. The lowest BCUT2D eigenvalue weighted by molar-refractivity contribution is -0.00262. The molecule has 21 heavy (non-hydrogen) atoms. The van der Waals surface area contributed by atoms with Crippen LogP contribution in [-0.2, 0) is 4.74 Å². The van der Waals surface area contributed by atoms with Gasteiger partial charge in [0.15, 0.2) is 5.96 Å². The van der Waals surface area contributed by atoms with Crippen molar-refractivity contribution < 1.29 is 4.74 Å². The molecule has 5 nitrogen and oxygen atoms in total. The summed E-state index contributed by atoms with van der Waals surface area (Å²) in [6.45, 7) is 8.84. The lowest BCUT2D eigenvalue weighted by Crippen LogP contribution is -2.52. The van der Waals surface area contributed by atoms with E-state index in [4.69, 9.17) is 9.73 Å². The Kier molecular flexibility index (Phi) is 8.04. The quantitative estimate of drug-likeness (QED) is 0.575. The molecule has 1 aliphatic heterocycles. The summed E-state index contributed by atoms with van der Waals surface area (Å²) < 4.78 is 5.53. The second kappa shape index (κ2) is 9.26. The third-order valence-electron chi connectivity index (χ3n) is 4.44. The molecule has 1 aliphatic rings. The summed E-state index contributed by atoms with van der Waals surface area (Å²) in [5, 5.41) is 3.41. The van der Waals surface area contributed by atoms with Crippen LogP contribution in [0.5, 0.6) is 0 Å². The van der Waals surface area contributed by atoms with Crippen LogP contribution in [0.2, 0.25) is 0 Å². The molecule has 1 rings (SSSR count). The van der Waals surface area contributed by atoms with E-state index in [0.717, 1.165) is 51.6 Å². The summed E-state index contributed by atoms with van der Waals surface area (Å²) in [5.41, 5.74) is 0.143. The lowest BCUT2D eigenvalue weighted by Gasteiger charge is -2.42. The van der Waals surface area contributed by atoms with Crippen LogP contribution in [-0.4, -0.2) is 75.3 Å². The highest BCUT2D eigenvalue weighted by Crippen LogP contribution is 2.26. The lowest BCUT2D eigenvalue weighted by atomic mass is 9.89. The fourth-order valence-electron chi connectivity index (χ4n) is 2.69. The summed E-state index contributed by atoms with van der Waals surface area (Å²) in [5.74, 6) is 1.03. The highest BCUT2D eigenvalue weighted by atomic mass is 16.5. The molecule has 0 atom stereocenters. The van der Waals surface area contributed by atoms with Crippen molar-refractivity contribution >= 4 is 5.96 Å². The molecule has 0 aromatic rings. The second-order valence-electron chi connectivity index (χ2n) is 6.18. The third-order valence-corrected chi connectivity index (χ3v) is 4.44. The average Bonchev–Trinajstić information content (AvgIpc) is 2.49. The van der Waals surface area contributed by atoms with Gasteiger partial charge in [-0.3, -0.25) is 4.99 Å². The largest absolute Gasteiger partial charge is 0.381 e. The van der Waals surface area contributed by atoms with Crippen LogP contribution in [0.4, 0.5) is 0 Å². The normalized spacial score (nSPS) is 18.9. The zero-order valence-electron chi connectivity index (χ0n) is 14.6. The van der Waals surface area contributed by atoms with Crippen molar-refractivity contribution in [3.05, 3.63) is 0 Å². The third kappa shape index (κ3) is 5.47. The molecule has 0 unspecified atom stereocenters. The zero-order valence-corrected chi connectivity index (χ0v) is 14.6. The molecule has 0 bridgehead atoms. The Balaban J connectivity index is 2.73. The molecule has 0 spiro atoms. The Bertz CT molecular complexity index is 311. The van der Waals surface area contributed by atoms with Gasteiger partial charge in [-0.05, 0) is 40.3 Å². The summed E-state index contributed by atoms with van der Waals surface area (Å²) in [6.07, 6.45) is 4.53. The van der Waals surface area contributed by atoms with Crippen LogP contribution in [0.25, 0.3) is 0 Å². The van der Waals surface area contributed by atoms with Gasteiger partial charge in [0.2, 0.25) is 0 Å². The molecule has 1 fully saturated rings. The number of ether oxygens (including phenoxy) is 1. The molecule has 1 heterocycles. The average molecular weight is 298 g/mol. The van der Waals surface area contributed by atoms with Gasteiger partial charge in [0.1, 0.15) is 0 Å². The van der Waals surface area contributed by atoms with Crippen LogP contribution < -0.4 is 5.32 Å². The minimum Gasteiger partial charge on any atom is -0.381 e. The molecular formula is C16H34N4O. The number of guanidine groups is 1. The standard InChI is InChI=1S/C16H34N4O/c1-6-8-11-20(5)15(17-7-2)18-14-16(19(3)4)9-12-21-13-10-16/h6-14H2,1-5H3,(H,17,18). The molecule has 1 N–H and O–H groups in total. The molecule has 5 heteroatoms. The number of nitrogens with zero attached hydrogens (tertiary/aromatic N) is 3. The molecule has 0 aliphatic carbocycles. The number of unbranched alkanes of at least 4 members (excludes halogenated alkanes) is 1. The van der Waals surface area contributed by atoms with E-state index >= 15 is 0 Å². The van der Waals surface area contributed by atoms with E-state index in [0.29, 0.717) is 0 Å². The summed E-state index contributed by atoms with van der Waals surface area (Å²) in [4.78, 5) is 9.49. The van der Waals surface area contributed by atoms with E-state index in [1.165, 1.54) is 12.8 Å². The molecule has 0 amide bonds. The Morgan fingerprint density at radius 2 is 1.86 bits per heavy atom. The summed E-state index contributed by atoms with van der Waals surface area (Å²) in [7, 11) is 6.45. The van der Waals surface area contributed by atoms with E-state index in [2.05, 4.69) is 50.1 Å². The van der Waals surface area contributed by atoms with Crippen molar-refractivity contribution in [1.82, 2.24) is 15.1 Å². The molecule has 124 valence electrons. The van der Waals surface area contributed by atoms with Gasteiger partial charge < -0.3 is 19.9 Å². The summed E-state index contributed by atoms with van der Waals surface area (Å²) >= 11 is 0. The van der Waals surface area contributed by atoms with Crippen LogP contribution in [0.15, 0.2) is 4.99 Å². The first-order valence-corrected chi connectivity index (χ1v) is 8.30. The first-order chi connectivity index (χ1) is 10.1. The molecule has 0 radical (unpaired) electrons. The second-order valence-corrected chi connectivity index (χ2v) is 6.18. The SMILES string of the molecule is CCCCN(C)C(=NCC1(N(C)C)CCOCC1)NCC. The number of rotatable bonds is 7. The van der Waals surface area contributed by atoms with E-state index in [1.807, 2.05) is 0 Å². The first kappa shape index (κ1) is 18.2. The Hall–Kier alpha value is -0.810. The van der Waals surface area contributed by atoms with Gasteiger partial charge in [-0.2, -0.15) is 0 Å². The van der Waals surface area contributed by atoms with E-state index < -0.39 is 0 Å². The first-order valence-electron chi connectivity index (χ1n) is 8.30. The Morgan fingerprint density at radius 3 is 2.38 bits per heavy atom. The van der Waals surface area contributed by atoms with Gasteiger partial charge in [-0.25, -0.2) is 0 Å². The fourth-order valence-corrected chi connectivity index (χ4v) is 2.69. The highest BCUT2D eigenvalue weighted by Gasteiger charge is 2.34. The Morgan fingerprint density at radius 1 is 1.19 bits per heavy atom. The van der Waals surface area contributed by atoms with E-state index in [9.17, 15) is 0 Å². The maximum absolute atomic E-state index is 5.53. The number of hydrogen-bond donors (Lipinski definition) is 1. The molecule has 0 aromatic carbocycles. The number of likely N-dealkylation sites (N-methyl/N-ethyl adjacent to an activating group) is 1. The minimum atomic E-state index is 0.143. The zero-order chi connectivity index (χ0) is 15.7. The van der Waals surface area contributed by atoms with Crippen LogP contribution in [0.1, 0.15) is 39.5 Å². The van der Waals surface area contributed by atoms with Crippen molar-refractivity contribution in [3.63, 3.8) is 0 Å². The summed E-state index contributed by atoms with van der Waals surface area (Å²) in [6, 6.07) is 0. The van der Waals surface area contributed by atoms with Crippen LogP contribution >= 0.6 is 0 Å². The van der Waals surface area contributed by atoms with Crippen molar-refractivity contribution in [2.45, 2.75) is 45.1 Å². The fraction of sp³-hybridized carbons (Fsp3) is 0.938. The minimum absolute atomic E-state index is 0.143. The van der Waals surface area contributed by atoms with Gasteiger partial charge in [0, 0.05) is 38.9 Å².